The number of likely N-dealkylation sites (tertiary alicyclic amines) is 1. The molecule has 1 saturated heterocycles. The summed E-state index contributed by atoms with van der Waals surface area (Å²) >= 11 is 0. The molecule has 0 radical (unpaired) electrons. The monoisotopic (exact) mass is 231 g/mol. The molecular formula is C16H25N. The van der Waals surface area contributed by atoms with Crippen molar-refractivity contribution in [3.05, 3.63) is 35.9 Å². The fourth-order valence-corrected chi connectivity index (χ4v) is 2.80. The molecule has 17 heavy (non-hydrogen) atoms. The zero-order chi connectivity index (χ0) is 11.9. The third-order valence-electron chi connectivity index (χ3n) is 4.02. The van der Waals surface area contributed by atoms with E-state index in [-0.39, 0.29) is 0 Å². The van der Waals surface area contributed by atoms with E-state index in [4.69, 9.17) is 0 Å². The fourth-order valence-electron chi connectivity index (χ4n) is 2.80. The van der Waals surface area contributed by atoms with Crippen LogP contribution in [0.2, 0.25) is 0 Å². The number of rotatable bonds is 3. The van der Waals surface area contributed by atoms with Crippen molar-refractivity contribution in [2.45, 2.75) is 45.6 Å². The summed E-state index contributed by atoms with van der Waals surface area (Å²) < 4.78 is 0. The fraction of sp³-hybridized carbons (Fsp3) is 0.625. The van der Waals surface area contributed by atoms with E-state index in [1.807, 2.05) is 0 Å². The summed E-state index contributed by atoms with van der Waals surface area (Å²) in [6.45, 7) is 6.05. The quantitative estimate of drug-likeness (QED) is 0.757. The Kier molecular flexibility index (Phi) is 5.06. The van der Waals surface area contributed by atoms with Gasteiger partial charge in [-0.3, -0.25) is 4.90 Å². The number of hydrogen-bond acceptors (Lipinski definition) is 1. The van der Waals surface area contributed by atoms with E-state index in [1.54, 1.807) is 0 Å². The Hall–Kier alpha value is -0.820. The van der Waals surface area contributed by atoms with Crippen LogP contribution in [0.15, 0.2) is 30.3 Å². The molecule has 94 valence electrons. The first-order valence-corrected chi connectivity index (χ1v) is 7.14. The Bertz CT molecular complexity index is 307. The normalized spacial score (nSPS) is 23.0. The van der Waals surface area contributed by atoms with Crippen LogP contribution in [0.1, 0.15) is 44.6 Å². The molecule has 1 aliphatic heterocycles. The minimum Gasteiger partial charge on any atom is -0.299 e. The Balaban J connectivity index is 1.87. The van der Waals surface area contributed by atoms with Crippen LogP contribution >= 0.6 is 0 Å². The minimum absolute atomic E-state index is 0.966. The van der Waals surface area contributed by atoms with Gasteiger partial charge < -0.3 is 0 Å². The molecule has 0 aliphatic carbocycles. The van der Waals surface area contributed by atoms with Gasteiger partial charge in [-0.25, -0.2) is 0 Å². The molecule has 1 fully saturated rings. The van der Waals surface area contributed by atoms with Crippen LogP contribution in [0.4, 0.5) is 0 Å². The summed E-state index contributed by atoms with van der Waals surface area (Å²) in [4.78, 5) is 2.64. The third-order valence-corrected chi connectivity index (χ3v) is 4.02. The summed E-state index contributed by atoms with van der Waals surface area (Å²) in [6, 6.07) is 10.9. The highest BCUT2D eigenvalue weighted by Gasteiger charge is 2.14. The smallest absolute Gasteiger partial charge is 0.0233 e. The van der Waals surface area contributed by atoms with Crippen molar-refractivity contribution < 1.29 is 0 Å². The molecule has 0 amide bonds. The first-order valence-electron chi connectivity index (χ1n) is 7.14. The molecular weight excluding hydrogens is 206 g/mol. The first-order chi connectivity index (χ1) is 8.38. The average Bonchev–Trinajstić information content (AvgIpc) is 2.35. The Labute approximate surface area is 106 Å². The molecule has 0 saturated carbocycles. The lowest BCUT2D eigenvalue weighted by atomic mass is 9.93. The van der Waals surface area contributed by atoms with E-state index < -0.39 is 0 Å². The van der Waals surface area contributed by atoms with Crippen molar-refractivity contribution in [3.8, 4) is 0 Å². The van der Waals surface area contributed by atoms with Gasteiger partial charge in [0.2, 0.25) is 0 Å². The Morgan fingerprint density at radius 2 is 1.88 bits per heavy atom. The highest BCUT2D eigenvalue weighted by Crippen LogP contribution is 2.21. The summed E-state index contributed by atoms with van der Waals surface area (Å²) in [7, 11) is 0. The second-order valence-corrected chi connectivity index (χ2v) is 5.32. The van der Waals surface area contributed by atoms with Crippen LogP contribution in [0.5, 0.6) is 0 Å². The first kappa shape index (κ1) is 12.6. The van der Waals surface area contributed by atoms with E-state index in [9.17, 15) is 0 Å². The summed E-state index contributed by atoms with van der Waals surface area (Å²) in [6.07, 6.45) is 7.01. The minimum atomic E-state index is 0.966. The van der Waals surface area contributed by atoms with Gasteiger partial charge in [0.05, 0.1) is 0 Å². The molecule has 1 atom stereocenters. The number of benzene rings is 1. The zero-order valence-corrected chi connectivity index (χ0v) is 11.1. The van der Waals surface area contributed by atoms with Gasteiger partial charge in [-0.15, -0.1) is 0 Å². The van der Waals surface area contributed by atoms with Gasteiger partial charge >= 0.3 is 0 Å². The topological polar surface area (TPSA) is 3.24 Å². The van der Waals surface area contributed by atoms with E-state index in [1.165, 1.54) is 50.8 Å². The Morgan fingerprint density at radius 3 is 2.65 bits per heavy atom. The maximum atomic E-state index is 2.64. The van der Waals surface area contributed by atoms with Crippen molar-refractivity contribution in [2.24, 2.45) is 5.92 Å². The van der Waals surface area contributed by atoms with Crippen LogP contribution in [0.3, 0.4) is 0 Å². The molecule has 1 aromatic carbocycles. The van der Waals surface area contributed by atoms with Crippen LogP contribution in [0, 0.1) is 5.92 Å². The molecule has 0 N–H and O–H groups in total. The molecule has 0 bridgehead atoms. The lowest BCUT2D eigenvalue weighted by Gasteiger charge is -2.28. The van der Waals surface area contributed by atoms with Gasteiger partial charge in [0, 0.05) is 6.54 Å². The van der Waals surface area contributed by atoms with E-state index in [0.717, 1.165) is 12.5 Å². The molecule has 1 unspecified atom stereocenters. The largest absolute Gasteiger partial charge is 0.299 e. The van der Waals surface area contributed by atoms with Crippen molar-refractivity contribution in [1.82, 2.24) is 4.90 Å². The summed E-state index contributed by atoms with van der Waals surface area (Å²) in [5.41, 5.74) is 1.46. The molecule has 1 heteroatoms. The van der Waals surface area contributed by atoms with Crippen LogP contribution in [-0.4, -0.2) is 18.0 Å². The van der Waals surface area contributed by atoms with E-state index >= 15 is 0 Å². The van der Waals surface area contributed by atoms with Gasteiger partial charge in [0.15, 0.2) is 0 Å². The molecule has 0 aromatic heterocycles. The molecule has 2 rings (SSSR count). The molecule has 0 spiro atoms. The second-order valence-electron chi connectivity index (χ2n) is 5.32. The van der Waals surface area contributed by atoms with Gasteiger partial charge in [-0.1, -0.05) is 56.5 Å². The van der Waals surface area contributed by atoms with Gasteiger partial charge in [0.1, 0.15) is 0 Å². The number of hydrogen-bond donors (Lipinski definition) is 0. The number of nitrogens with zero attached hydrogens (tertiary/aromatic N) is 1. The van der Waals surface area contributed by atoms with E-state index in [2.05, 4.69) is 42.2 Å². The van der Waals surface area contributed by atoms with Crippen LogP contribution in [-0.2, 0) is 6.54 Å². The third kappa shape index (κ3) is 4.16. The van der Waals surface area contributed by atoms with Gasteiger partial charge in [0.25, 0.3) is 0 Å². The molecule has 1 aliphatic rings. The molecule has 1 nitrogen and oxygen atoms in total. The van der Waals surface area contributed by atoms with E-state index in [0.29, 0.717) is 0 Å². The van der Waals surface area contributed by atoms with Crippen molar-refractivity contribution >= 4 is 0 Å². The predicted molar refractivity (Wildman–Crippen MR) is 74.0 cm³/mol. The summed E-state index contributed by atoms with van der Waals surface area (Å²) in [5, 5.41) is 0. The van der Waals surface area contributed by atoms with Crippen molar-refractivity contribution in [1.29, 1.82) is 0 Å². The van der Waals surface area contributed by atoms with Crippen molar-refractivity contribution in [2.75, 3.05) is 13.1 Å². The molecule has 1 aromatic rings. The van der Waals surface area contributed by atoms with Gasteiger partial charge in [-0.05, 0) is 37.4 Å². The maximum Gasteiger partial charge on any atom is 0.0233 e. The second kappa shape index (κ2) is 6.80. The standard InChI is InChI=1S/C16H25N/c1-2-15-8-6-7-12-17(13-11-15)14-16-9-4-3-5-10-16/h3-5,9-10,15H,2,6-8,11-14H2,1H3. The Morgan fingerprint density at radius 1 is 1.06 bits per heavy atom. The lowest BCUT2D eigenvalue weighted by Crippen LogP contribution is -2.28. The predicted octanol–water partition coefficient (Wildman–Crippen LogP) is 4.09. The summed E-state index contributed by atoms with van der Waals surface area (Å²) in [5.74, 6) is 0.966. The maximum absolute atomic E-state index is 2.64. The van der Waals surface area contributed by atoms with Crippen LogP contribution in [0.25, 0.3) is 0 Å². The SMILES string of the molecule is CCC1CCCCN(Cc2ccccc2)CC1. The average molecular weight is 231 g/mol. The highest BCUT2D eigenvalue weighted by atomic mass is 15.1. The van der Waals surface area contributed by atoms with Crippen LogP contribution < -0.4 is 0 Å². The van der Waals surface area contributed by atoms with Gasteiger partial charge in [-0.2, -0.15) is 0 Å². The zero-order valence-electron chi connectivity index (χ0n) is 11.1. The highest BCUT2D eigenvalue weighted by molar-refractivity contribution is 5.14. The van der Waals surface area contributed by atoms with Crippen molar-refractivity contribution in [3.63, 3.8) is 0 Å². The lowest BCUT2D eigenvalue weighted by molar-refractivity contribution is 0.210. The molecule has 1 heterocycles.